The van der Waals surface area contributed by atoms with Gasteiger partial charge in [0.05, 0.1) is 15.0 Å². The van der Waals surface area contributed by atoms with Crippen molar-refractivity contribution < 1.29 is 9.90 Å². The molecule has 1 aromatic heterocycles. The van der Waals surface area contributed by atoms with Crippen LogP contribution < -0.4 is 0 Å². The molecule has 0 radical (unpaired) electrons. The Balaban J connectivity index is 2.75. The van der Waals surface area contributed by atoms with E-state index in [0.717, 1.165) is 15.9 Å². The standard InChI is InChI=1S/C14H14BrIN2O2/c1-14(2,3)12-10(16)11(13(19)20)17-18(12)9-6-4-5-8(15)7-9/h4-7H,1-3H3,(H,19,20). The van der Waals surface area contributed by atoms with Crippen molar-refractivity contribution in [2.45, 2.75) is 26.2 Å². The number of carbonyl (C=O) groups is 1. The summed E-state index contributed by atoms with van der Waals surface area (Å²) in [7, 11) is 0. The van der Waals surface area contributed by atoms with Gasteiger partial charge >= 0.3 is 5.97 Å². The maximum Gasteiger partial charge on any atom is 0.357 e. The predicted molar refractivity (Wildman–Crippen MR) is 89.6 cm³/mol. The van der Waals surface area contributed by atoms with Crippen LogP contribution in [0.3, 0.4) is 0 Å². The second-order valence-electron chi connectivity index (χ2n) is 5.46. The fourth-order valence-corrected chi connectivity index (χ4v) is 3.74. The fraction of sp³-hybridized carbons (Fsp3) is 0.286. The molecule has 2 aromatic rings. The Hall–Kier alpha value is -0.890. The molecule has 4 nitrogen and oxygen atoms in total. The van der Waals surface area contributed by atoms with Crippen LogP contribution in [-0.2, 0) is 5.41 Å². The molecule has 106 valence electrons. The lowest BCUT2D eigenvalue weighted by molar-refractivity contribution is 0.0689. The summed E-state index contributed by atoms with van der Waals surface area (Å²) in [6, 6.07) is 7.66. The largest absolute Gasteiger partial charge is 0.476 e. The van der Waals surface area contributed by atoms with Crippen molar-refractivity contribution in [2.75, 3.05) is 0 Å². The molecule has 0 fully saturated rings. The van der Waals surface area contributed by atoms with Crippen molar-refractivity contribution in [2.24, 2.45) is 0 Å². The average Bonchev–Trinajstić information content (AvgIpc) is 2.66. The smallest absolute Gasteiger partial charge is 0.357 e. The Labute approximate surface area is 139 Å². The highest BCUT2D eigenvalue weighted by atomic mass is 127. The van der Waals surface area contributed by atoms with E-state index in [1.54, 1.807) is 4.68 Å². The summed E-state index contributed by atoms with van der Waals surface area (Å²) < 4.78 is 3.33. The quantitative estimate of drug-likeness (QED) is 0.699. The van der Waals surface area contributed by atoms with Crippen LogP contribution in [0.4, 0.5) is 0 Å². The van der Waals surface area contributed by atoms with Gasteiger partial charge < -0.3 is 5.11 Å². The number of aromatic carboxylic acids is 1. The lowest BCUT2D eigenvalue weighted by atomic mass is 9.91. The van der Waals surface area contributed by atoms with E-state index in [4.69, 9.17) is 0 Å². The first kappa shape index (κ1) is 15.5. The molecule has 0 aliphatic carbocycles. The van der Waals surface area contributed by atoms with E-state index in [0.29, 0.717) is 3.57 Å². The molecule has 0 aliphatic rings. The highest BCUT2D eigenvalue weighted by Gasteiger charge is 2.29. The second kappa shape index (κ2) is 5.48. The third kappa shape index (κ3) is 2.90. The summed E-state index contributed by atoms with van der Waals surface area (Å²) in [6.45, 7) is 6.14. The van der Waals surface area contributed by atoms with Gasteiger partial charge in [0.2, 0.25) is 0 Å². The van der Waals surface area contributed by atoms with Gasteiger partial charge in [0.15, 0.2) is 5.69 Å². The maximum absolute atomic E-state index is 11.3. The summed E-state index contributed by atoms with van der Waals surface area (Å²) in [5.74, 6) is -1.01. The van der Waals surface area contributed by atoms with Crippen molar-refractivity contribution in [3.05, 3.63) is 43.7 Å². The van der Waals surface area contributed by atoms with Gasteiger partial charge in [-0.25, -0.2) is 9.48 Å². The van der Waals surface area contributed by atoms with Crippen LogP contribution in [0.1, 0.15) is 37.0 Å². The number of hydrogen-bond acceptors (Lipinski definition) is 2. The molecule has 20 heavy (non-hydrogen) atoms. The van der Waals surface area contributed by atoms with Gasteiger partial charge in [-0.3, -0.25) is 0 Å². The van der Waals surface area contributed by atoms with E-state index in [9.17, 15) is 9.90 Å². The second-order valence-corrected chi connectivity index (χ2v) is 7.45. The number of aromatic nitrogens is 2. The van der Waals surface area contributed by atoms with Crippen molar-refractivity contribution >= 4 is 44.5 Å². The highest BCUT2D eigenvalue weighted by molar-refractivity contribution is 14.1. The van der Waals surface area contributed by atoms with Crippen molar-refractivity contribution in [1.82, 2.24) is 9.78 Å². The lowest BCUT2D eigenvalue weighted by Crippen LogP contribution is -2.18. The first-order chi connectivity index (χ1) is 9.21. The van der Waals surface area contributed by atoms with Crippen LogP contribution in [-0.4, -0.2) is 20.9 Å². The van der Waals surface area contributed by atoms with Gasteiger partial charge in [0.1, 0.15) is 0 Å². The first-order valence-electron chi connectivity index (χ1n) is 6.00. The molecular weight excluding hydrogens is 435 g/mol. The number of nitrogens with zero attached hydrogens (tertiary/aromatic N) is 2. The zero-order chi connectivity index (χ0) is 15.1. The summed E-state index contributed by atoms with van der Waals surface area (Å²) in [5.41, 5.74) is 1.62. The Morgan fingerprint density at radius 3 is 2.55 bits per heavy atom. The van der Waals surface area contributed by atoms with Crippen LogP contribution in [0.2, 0.25) is 0 Å². The molecule has 0 aliphatic heterocycles. The zero-order valence-corrected chi connectivity index (χ0v) is 15.1. The van der Waals surface area contributed by atoms with Crippen LogP contribution in [0, 0.1) is 3.57 Å². The Morgan fingerprint density at radius 1 is 1.40 bits per heavy atom. The molecule has 0 atom stereocenters. The molecule has 0 unspecified atom stereocenters. The summed E-state index contributed by atoms with van der Waals surface area (Å²) in [5, 5.41) is 13.6. The van der Waals surface area contributed by atoms with Crippen LogP contribution >= 0.6 is 38.5 Å². The minimum Gasteiger partial charge on any atom is -0.476 e. The average molecular weight is 449 g/mol. The number of benzene rings is 1. The first-order valence-corrected chi connectivity index (χ1v) is 7.87. The normalized spacial score (nSPS) is 11.7. The molecule has 6 heteroatoms. The summed E-state index contributed by atoms with van der Waals surface area (Å²) in [4.78, 5) is 11.3. The van der Waals surface area contributed by atoms with E-state index in [1.165, 1.54) is 0 Å². The molecular formula is C14H14BrIN2O2. The monoisotopic (exact) mass is 448 g/mol. The third-order valence-electron chi connectivity index (χ3n) is 2.79. The Kier molecular flexibility index (Phi) is 4.24. The number of hydrogen-bond donors (Lipinski definition) is 1. The van der Waals surface area contributed by atoms with E-state index in [2.05, 4.69) is 43.6 Å². The van der Waals surface area contributed by atoms with Gasteiger partial charge in [0, 0.05) is 9.89 Å². The lowest BCUT2D eigenvalue weighted by Gasteiger charge is -2.21. The Morgan fingerprint density at radius 2 is 2.05 bits per heavy atom. The molecule has 0 saturated heterocycles. The summed E-state index contributed by atoms with van der Waals surface area (Å²) >= 11 is 5.49. The number of carboxylic acids is 1. The van der Waals surface area contributed by atoms with Crippen molar-refractivity contribution in [3.63, 3.8) is 0 Å². The Bertz CT molecular complexity index is 674. The minimum atomic E-state index is -1.01. The zero-order valence-electron chi connectivity index (χ0n) is 11.3. The van der Waals surface area contributed by atoms with Gasteiger partial charge in [-0.2, -0.15) is 5.10 Å². The van der Waals surface area contributed by atoms with Crippen LogP contribution in [0.5, 0.6) is 0 Å². The van der Waals surface area contributed by atoms with E-state index in [1.807, 2.05) is 45.0 Å². The predicted octanol–water partition coefficient (Wildman–Crippen LogP) is 4.24. The number of halogens is 2. The third-order valence-corrected chi connectivity index (χ3v) is 4.31. The van der Waals surface area contributed by atoms with E-state index >= 15 is 0 Å². The maximum atomic E-state index is 11.3. The molecule has 0 saturated carbocycles. The summed E-state index contributed by atoms with van der Waals surface area (Å²) in [6.07, 6.45) is 0. The SMILES string of the molecule is CC(C)(C)c1c(I)c(C(=O)O)nn1-c1cccc(Br)c1. The molecule has 1 aromatic carbocycles. The molecule has 2 rings (SSSR count). The number of carboxylic acid groups (broad SMARTS) is 1. The van der Waals surface area contributed by atoms with Gasteiger partial charge in [0.25, 0.3) is 0 Å². The van der Waals surface area contributed by atoms with E-state index < -0.39 is 5.97 Å². The van der Waals surface area contributed by atoms with Gasteiger partial charge in [-0.1, -0.05) is 42.8 Å². The van der Waals surface area contributed by atoms with Crippen LogP contribution in [0.25, 0.3) is 5.69 Å². The highest BCUT2D eigenvalue weighted by Crippen LogP contribution is 2.32. The topological polar surface area (TPSA) is 55.1 Å². The molecule has 0 amide bonds. The van der Waals surface area contributed by atoms with Gasteiger partial charge in [-0.05, 0) is 40.8 Å². The van der Waals surface area contributed by atoms with Crippen molar-refractivity contribution in [3.8, 4) is 5.69 Å². The molecule has 1 N–H and O–H groups in total. The molecule has 0 spiro atoms. The number of rotatable bonds is 2. The van der Waals surface area contributed by atoms with Crippen LogP contribution in [0.15, 0.2) is 28.7 Å². The van der Waals surface area contributed by atoms with Gasteiger partial charge in [-0.15, -0.1) is 0 Å². The molecule has 1 heterocycles. The van der Waals surface area contributed by atoms with E-state index in [-0.39, 0.29) is 11.1 Å². The molecule has 0 bridgehead atoms. The minimum absolute atomic E-state index is 0.0931. The fourth-order valence-electron chi connectivity index (χ4n) is 1.98. The van der Waals surface area contributed by atoms with Crippen molar-refractivity contribution in [1.29, 1.82) is 0 Å².